The number of amides is 2. The summed E-state index contributed by atoms with van der Waals surface area (Å²) >= 11 is 0. The number of alkyl halides is 3. The number of carbonyl (C=O) groups is 2. The van der Waals surface area contributed by atoms with Crippen LogP contribution in [-0.2, 0) is 11.0 Å². The van der Waals surface area contributed by atoms with Crippen molar-refractivity contribution in [3.05, 3.63) is 45.8 Å². The summed E-state index contributed by atoms with van der Waals surface area (Å²) in [7, 11) is 0. The van der Waals surface area contributed by atoms with Gasteiger partial charge in [-0.05, 0) is 37.1 Å². The topological polar surface area (TPSA) is 98.2 Å². The van der Waals surface area contributed by atoms with Crippen LogP contribution in [0.3, 0.4) is 0 Å². The van der Waals surface area contributed by atoms with Crippen LogP contribution in [0.5, 0.6) is 0 Å². The van der Waals surface area contributed by atoms with Crippen LogP contribution in [0.1, 0.15) is 29.3 Å². The van der Waals surface area contributed by atoms with E-state index in [9.17, 15) is 22.8 Å². The minimum Gasteiger partial charge on any atom is -0.343 e. The molecule has 2 unspecified atom stereocenters. The summed E-state index contributed by atoms with van der Waals surface area (Å²) in [6.07, 6.45) is -4.02. The SMILES string of the molecule is CC1CC(N=[N+]=[N-])CN1C(=O)CNC(=O)c1cccc(C(F)(F)F)c1. The third kappa shape index (κ3) is 4.63. The van der Waals surface area contributed by atoms with Crippen molar-refractivity contribution >= 4 is 11.8 Å². The Labute approximate surface area is 141 Å². The molecule has 1 heterocycles. The molecule has 1 saturated heterocycles. The van der Waals surface area contributed by atoms with E-state index in [1.54, 1.807) is 6.92 Å². The highest BCUT2D eigenvalue weighted by molar-refractivity contribution is 5.96. The second kappa shape index (κ2) is 7.43. The van der Waals surface area contributed by atoms with Crippen molar-refractivity contribution in [1.82, 2.24) is 10.2 Å². The van der Waals surface area contributed by atoms with Crippen LogP contribution >= 0.6 is 0 Å². The van der Waals surface area contributed by atoms with Crippen molar-refractivity contribution in [2.75, 3.05) is 13.1 Å². The fraction of sp³-hybridized carbons (Fsp3) is 0.467. The lowest BCUT2D eigenvalue weighted by Crippen LogP contribution is -2.42. The number of benzene rings is 1. The van der Waals surface area contributed by atoms with Crippen LogP contribution in [0.2, 0.25) is 0 Å². The van der Waals surface area contributed by atoms with Crippen molar-refractivity contribution in [2.24, 2.45) is 5.11 Å². The Bertz CT molecular complexity index is 715. The van der Waals surface area contributed by atoms with Gasteiger partial charge in [-0.2, -0.15) is 13.2 Å². The number of hydrogen-bond donors (Lipinski definition) is 1. The average Bonchev–Trinajstić information content (AvgIpc) is 2.92. The Morgan fingerprint density at radius 3 is 2.80 bits per heavy atom. The lowest BCUT2D eigenvalue weighted by Gasteiger charge is -2.21. The maximum Gasteiger partial charge on any atom is 0.416 e. The molecular formula is C15H16F3N5O2. The molecule has 0 aliphatic carbocycles. The fourth-order valence-electron chi connectivity index (χ4n) is 2.70. The van der Waals surface area contributed by atoms with E-state index in [1.165, 1.54) is 11.0 Å². The van der Waals surface area contributed by atoms with Crippen LogP contribution in [0.15, 0.2) is 29.4 Å². The summed E-state index contributed by atoms with van der Waals surface area (Å²) in [4.78, 5) is 28.3. The number of nitrogens with zero attached hydrogens (tertiary/aromatic N) is 4. The highest BCUT2D eigenvalue weighted by Gasteiger charge is 2.32. The smallest absolute Gasteiger partial charge is 0.343 e. The predicted octanol–water partition coefficient (Wildman–Crippen LogP) is 2.73. The van der Waals surface area contributed by atoms with Crippen molar-refractivity contribution in [2.45, 2.75) is 31.6 Å². The van der Waals surface area contributed by atoms with Gasteiger partial charge in [0, 0.05) is 23.1 Å². The third-order valence-corrected chi connectivity index (χ3v) is 3.94. The number of hydrogen-bond acceptors (Lipinski definition) is 3. The van der Waals surface area contributed by atoms with Gasteiger partial charge >= 0.3 is 6.18 Å². The molecule has 1 fully saturated rings. The molecule has 0 saturated carbocycles. The summed E-state index contributed by atoms with van der Waals surface area (Å²) in [5, 5.41) is 5.90. The van der Waals surface area contributed by atoms with E-state index >= 15 is 0 Å². The minimum atomic E-state index is -4.55. The maximum atomic E-state index is 12.7. The van der Waals surface area contributed by atoms with Gasteiger partial charge in [-0.25, -0.2) is 0 Å². The van der Waals surface area contributed by atoms with Crippen LogP contribution in [0.25, 0.3) is 10.4 Å². The average molecular weight is 355 g/mol. The van der Waals surface area contributed by atoms with Gasteiger partial charge in [0.25, 0.3) is 5.91 Å². The summed E-state index contributed by atoms with van der Waals surface area (Å²) in [6.45, 7) is 1.70. The number of rotatable bonds is 4. The summed E-state index contributed by atoms with van der Waals surface area (Å²) in [5.74, 6) is -1.15. The molecule has 0 radical (unpaired) electrons. The highest BCUT2D eigenvalue weighted by Crippen LogP contribution is 2.29. The first kappa shape index (κ1) is 18.6. The zero-order valence-electron chi connectivity index (χ0n) is 13.3. The van der Waals surface area contributed by atoms with Crippen molar-refractivity contribution in [1.29, 1.82) is 0 Å². The number of likely N-dealkylation sites (tertiary alicyclic amines) is 1. The standard InChI is InChI=1S/C15H16F3N5O2/c1-9-5-12(21-22-19)8-23(9)13(24)7-20-14(25)10-3-2-4-11(6-10)15(16,17)18/h2-4,6,9,12H,5,7-8H2,1H3,(H,20,25). The third-order valence-electron chi connectivity index (χ3n) is 3.94. The van der Waals surface area contributed by atoms with E-state index in [0.717, 1.165) is 18.2 Å². The molecule has 10 heteroatoms. The van der Waals surface area contributed by atoms with Gasteiger partial charge in [0.15, 0.2) is 0 Å². The zero-order chi connectivity index (χ0) is 18.6. The molecular weight excluding hydrogens is 339 g/mol. The molecule has 0 bridgehead atoms. The molecule has 1 aromatic rings. The molecule has 1 aliphatic heterocycles. The monoisotopic (exact) mass is 355 g/mol. The summed E-state index contributed by atoms with van der Waals surface area (Å²) in [6, 6.07) is 3.51. The number of azide groups is 1. The highest BCUT2D eigenvalue weighted by atomic mass is 19.4. The first-order valence-corrected chi connectivity index (χ1v) is 7.51. The van der Waals surface area contributed by atoms with Crippen LogP contribution in [0.4, 0.5) is 13.2 Å². The van der Waals surface area contributed by atoms with Crippen molar-refractivity contribution < 1.29 is 22.8 Å². The molecule has 25 heavy (non-hydrogen) atoms. The van der Waals surface area contributed by atoms with E-state index in [2.05, 4.69) is 15.3 Å². The molecule has 2 atom stereocenters. The number of nitrogens with one attached hydrogen (secondary N) is 1. The second-order valence-electron chi connectivity index (χ2n) is 5.75. The normalized spacial score (nSPS) is 20.1. The van der Waals surface area contributed by atoms with Gasteiger partial charge in [0.05, 0.1) is 18.2 Å². The first-order valence-electron chi connectivity index (χ1n) is 7.51. The Morgan fingerprint density at radius 2 is 2.16 bits per heavy atom. The molecule has 2 rings (SSSR count). The van der Waals surface area contributed by atoms with Gasteiger partial charge in [-0.15, -0.1) is 0 Å². The van der Waals surface area contributed by atoms with E-state index in [-0.39, 0.29) is 36.6 Å². The molecule has 0 spiro atoms. The molecule has 0 aromatic heterocycles. The first-order chi connectivity index (χ1) is 11.7. The lowest BCUT2D eigenvalue weighted by atomic mass is 10.1. The Kier molecular flexibility index (Phi) is 5.53. The molecule has 1 aliphatic rings. The van der Waals surface area contributed by atoms with Gasteiger partial charge in [-0.1, -0.05) is 11.2 Å². The number of carbonyl (C=O) groups excluding carboxylic acids is 2. The molecule has 1 N–H and O–H groups in total. The molecule has 7 nitrogen and oxygen atoms in total. The van der Waals surface area contributed by atoms with Crippen molar-refractivity contribution in [3.63, 3.8) is 0 Å². The van der Waals surface area contributed by atoms with Crippen LogP contribution in [-0.4, -0.2) is 41.9 Å². The fourth-order valence-corrected chi connectivity index (χ4v) is 2.70. The quantitative estimate of drug-likeness (QED) is 0.510. The van der Waals surface area contributed by atoms with E-state index in [1.807, 2.05) is 0 Å². The number of halogens is 3. The van der Waals surface area contributed by atoms with E-state index in [4.69, 9.17) is 5.53 Å². The van der Waals surface area contributed by atoms with Crippen LogP contribution in [0, 0.1) is 0 Å². The largest absolute Gasteiger partial charge is 0.416 e. The molecule has 134 valence electrons. The lowest BCUT2D eigenvalue weighted by molar-refractivity contribution is -0.137. The summed E-state index contributed by atoms with van der Waals surface area (Å²) in [5.41, 5.74) is 7.33. The predicted molar refractivity (Wildman–Crippen MR) is 82.5 cm³/mol. The van der Waals surface area contributed by atoms with E-state index in [0.29, 0.717) is 6.42 Å². The van der Waals surface area contributed by atoms with Gasteiger partial charge in [0.1, 0.15) is 0 Å². The second-order valence-corrected chi connectivity index (χ2v) is 5.75. The Balaban J connectivity index is 1.96. The zero-order valence-corrected chi connectivity index (χ0v) is 13.3. The van der Waals surface area contributed by atoms with Gasteiger partial charge in [-0.3, -0.25) is 9.59 Å². The maximum absolute atomic E-state index is 12.7. The minimum absolute atomic E-state index is 0.145. The van der Waals surface area contributed by atoms with Gasteiger partial charge < -0.3 is 10.2 Å². The summed E-state index contributed by atoms with van der Waals surface area (Å²) < 4.78 is 38.0. The molecule has 1 aromatic carbocycles. The van der Waals surface area contributed by atoms with Crippen LogP contribution < -0.4 is 5.32 Å². The molecule has 2 amide bonds. The van der Waals surface area contributed by atoms with Gasteiger partial charge in [0.2, 0.25) is 5.91 Å². The Morgan fingerprint density at radius 1 is 1.44 bits per heavy atom. The van der Waals surface area contributed by atoms with E-state index < -0.39 is 17.6 Å². The van der Waals surface area contributed by atoms with Crippen molar-refractivity contribution in [3.8, 4) is 0 Å². The Hall–Kier alpha value is -2.74.